The zero-order valence-electron chi connectivity index (χ0n) is 14.9. The molecule has 3 rings (SSSR count). The number of anilines is 2. The number of thiazole rings is 1. The topological polar surface area (TPSA) is 123 Å². The number of aromatic amines is 1. The fourth-order valence-electron chi connectivity index (χ4n) is 2.72. The smallest absolute Gasteiger partial charge is 0.329 e. The van der Waals surface area contributed by atoms with Crippen LogP contribution in [0.1, 0.15) is 17.5 Å². The molecular weight excluding hydrogens is 366 g/mol. The van der Waals surface area contributed by atoms with Crippen molar-refractivity contribution in [2.75, 3.05) is 11.1 Å². The molecule has 2 aromatic heterocycles. The predicted octanol–water partition coefficient (Wildman–Crippen LogP) is 1.75. The zero-order valence-corrected chi connectivity index (χ0v) is 15.7. The van der Waals surface area contributed by atoms with Gasteiger partial charge in [-0.15, -0.1) is 11.3 Å². The number of carbonyl (C=O) groups is 1. The van der Waals surface area contributed by atoms with Crippen molar-refractivity contribution in [3.8, 4) is 11.3 Å². The van der Waals surface area contributed by atoms with Crippen molar-refractivity contribution in [1.29, 1.82) is 0 Å². The quantitative estimate of drug-likeness (QED) is 0.617. The number of benzene rings is 1. The van der Waals surface area contributed by atoms with E-state index in [4.69, 9.17) is 5.73 Å². The number of carbonyl (C=O) groups excluding carboxylic acids is 1. The van der Waals surface area contributed by atoms with E-state index in [0.29, 0.717) is 22.9 Å². The molecule has 0 unspecified atom stereocenters. The first-order chi connectivity index (χ1) is 12.9. The minimum absolute atomic E-state index is 0.0623. The van der Waals surface area contributed by atoms with Crippen LogP contribution in [-0.2, 0) is 17.8 Å². The normalized spacial score (nSPS) is 10.7. The number of nitrogens with one attached hydrogen (secondary N) is 2. The Morgan fingerprint density at radius 2 is 2.15 bits per heavy atom. The lowest BCUT2D eigenvalue weighted by Gasteiger charge is -2.08. The van der Waals surface area contributed by atoms with Crippen molar-refractivity contribution < 1.29 is 4.79 Å². The molecule has 3 aromatic rings. The molecule has 1 amide bonds. The number of nitrogens with zero attached hydrogens (tertiary/aromatic N) is 2. The molecule has 0 bridgehead atoms. The monoisotopic (exact) mass is 385 g/mol. The van der Waals surface area contributed by atoms with E-state index in [2.05, 4.69) is 15.3 Å². The molecule has 0 saturated heterocycles. The van der Waals surface area contributed by atoms with Gasteiger partial charge in [-0.1, -0.05) is 12.1 Å². The fraction of sp³-hybridized carbons (Fsp3) is 0.222. The van der Waals surface area contributed by atoms with Crippen molar-refractivity contribution in [2.24, 2.45) is 0 Å². The number of nitrogens with two attached hydrogens (primary N) is 1. The van der Waals surface area contributed by atoms with Gasteiger partial charge in [-0.3, -0.25) is 19.1 Å². The zero-order chi connectivity index (χ0) is 19.6. The van der Waals surface area contributed by atoms with Gasteiger partial charge >= 0.3 is 5.69 Å². The standard InChI is InChI=1S/C18H19N5O3S/c1-3-23-16(19)15(17(25)22-18(23)26)12-9-27-14(21-12)8-13(24)20-11-6-4-5-10(2)7-11/h4-7,9H,3,8,19H2,1-2H3,(H,20,24)(H,22,25,26). The first kappa shape index (κ1) is 18.6. The number of H-pyrrole nitrogens is 1. The van der Waals surface area contributed by atoms with Crippen LogP contribution in [0.15, 0.2) is 39.2 Å². The lowest BCUT2D eigenvalue weighted by Crippen LogP contribution is -2.33. The summed E-state index contributed by atoms with van der Waals surface area (Å²) in [6.45, 7) is 4.02. The molecule has 27 heavy (non-hydrogen) atoms. The lowest BCUT2D eigenvalue weighted by atomic mass is 10.2. The summed E-state index contributed by atoms with van der Waals surface area (Å²) < 4.78 is 1.26. The van der Waals surface area contributed by atoms with Crippen LogP contribution in [0.2, 0.25) is 0 Å². The summed E-state index contributed by atoms with van der Waals surface area (Å²) in [6.07, 6.45) is 0.0732. The van der Waals surface area contributed by atoms with Gasteiger partial charge in [-0.2, -0.15) is 0 Å². The van der Waals surface area contributed by atoms with Gasteiger partial charge < -0.3 is 11.1 Å². The summed E-state index contributed by atoms with van der Waals surface area (Å²) >= 11 is 1.25. The molecule has 2 heterocycles. The molecule has 0 aliphatic carbocycles. The first-order valence-corrected chi connectivity index (χ1v) is 9.21. The van der Waals surface area contributed by atoms with Crippen LogP contribution in [0.25, 0.3) is 11.3 Å². The van der Waals surface area contributed by atoms with Crippen LogP contribution < -0.4 is 22.3 Å². The maximum Gasteiger partial charge on any atom is 0.329 e. The van der Waals surface area contributed by atoms with E-state index in [1.807, 2.05) is 31.2 Å². The average Bonchev–Trinajstić information content (AvgIpc) is 3.02. The van der Waals surface area contributed by atoms with Gasteiger partial charge in [-0.05, 0) is 31.5 Å². The van der Waals surface area contributed by atoms with E-state index < -0.39 is 11.2 Å². The minimum atomic E-state index is -0.594. The molecule has 1 aromatic carbocycles. The van der Waals surface area contributed by atoms with Crippen molar-refractivity contribution in [3.05, 3.63) is 61.1 Å². The van der Waals surface area contributed by atoms with Crippen molar-refractivity contribution >= 4 is 28.7 Å². The molecule has 0 spiro atoms. The van der Waals surface area contributed by atoms with Gasteiger partial charge in [0.2, 0.25) is 5.91 Å². The summed E-state index contributed by atoms with van der Waals surface area (Å²) in [5.41, 5.74) is 7.08. The van der Waals surface area contributed by atoms with Crippen molar-refractivity contribution in [2.45, 2.75) is 26.8 Å². The second-order valence-electron chi connectivity index (χ2n) is 5.98. The molecule has 0 saturated carbocycles. The highest BCUT2D eigenvalue weighted by Crippen LogP contribution is 2.23. The Morgan fingerprint density at radius 3 is 2.85 bits per heavy atom. The molecule has 0 aliphatic rings. The van der Waals surface area contributed by atoms with E-state index in [1.165, 1.54) is 15.9 Å². The van der Waals surface area contributed by atoms with Crippen LogP contribution in [0.4, 0.5) is 11.5 Å². The highest BCUT2D eigenvalue weighted by molar-refractivity contribution is 7.10. The predicted molar refractivity (Wildman–Crippen MR) is 106 cm³/mol. The Balaban J connectivity index is 1.82. The van der Waals surface area contributed by atoms with Crippen molar-refractivity contribution in [1.82, 2.24) is 14.5 Å². The average molecular weight is 385 g/mol. The Morgan fingerprint density at radius 1 is 1.37 bits per heavy atom. The number of rotatable bonds is 5. The molecule has 0 aliphatic heterocycles. The van der Waals surface area contributed by atoms with Gasteiger partial charge in [0.25, 0.3) is 5.56 Å². The second-order valence-corrected chi connectivity index (χ2v) is 6.93. The number of nitrogen functional groups attached to an aromatic ring is 1. The molecule has 0 radical (unpaired) electrons. The number of amides is 1. The summed E-state index contributed by atoms with van der Waals surface area (Å²) in [7, 11) is 0. The molecule has 0 fully saturated rings. The lowest BCUT2D eigenvalue weighted by molar-refractivity contribution is -0.115. The van der Waals surface area contributed by atoms with Crippen LogP contribution >= 0.6 is 11.3 Å². The second kappa shape index (κ2) is 7.58. The number of hydrogen-bond donors (Lipinski definition) is 3. The SMILES string of the molecule is CCn1c(N)c(-c2csc(CC(=O)Nc3cccc(C)c3)n2)c(=O)[nH]c1=O. The van der Waals surface area contributed by atoms with E-state index >= 15 is 0 Å². The third-order valence-corrected chi connectivity index (χ3v) is 4.83. The van der Waals surface area contributed by atoms with Gasteiger partial charge in [0.1, 0.15) is 16.4 Å². The summed E-state index contributed by atoms with van der Waals surface area (Å²) in [5, 5.41) is 5.02. The highest BCUT2D eigenvalue weighted by Gasteiger charge is 2.17. The van der Waals surface area contributed by atoms with Crippen LogP contribution in [-0.4, -0.2) is 20.4 Å². The van der Waals surface area contributed by atoms with E-state index in [9.17, 15) is 14.4 Å². The van der Waals surface area contributed by atoms with Gasteiger partial charge in [0.15, 0.2) is 0 Å². The minimum Gasteiger partial charge on any atom is -0.384 e. The third-order valence-electron chi connectivity index (χ3n) is 3.98. The molecular formula is C18H19N5O3S. The van der Waals surface area contributed by atoms with E-state index in [1.54, 1.807) is 12.3 Å². The molecule has 4 N–H and O–H groups in total. The van der Waals surface area contributed by atoms with Crippen LogP contribution in [0.3, 0.4) is 0 Å². The van der Waals surface area contributed by atoms with Crippen LogP contribution in [0, 0.1) is 6.92 Å². The third kappa shape index (κ3) is 3.98. The molecule has 8 nitrogen and oxygen atoms in total. The summed E-state index contributed by atoms with van der Waals surface area (Å²) in [6, 6.07) is 7.50. The maximum absolute atomic E-state index is 12.2. The van der Waals surface area contributed by atoms with Crippen molar-refractivity contribution in [3.63, 3.8) is 0 Å². The Kier molecular flexibility index (Phi) is 5.22. The molecule has 9 heteroatoms. The first-order valence-electron chi connectivity index (χ1n) is 8.33. The Bertz CT molecular complexity index is 1110. The summed E-state index contributed by atoms with van der Waals surface area (Å²) in [5.74, 6) is -0.144. The Labute approximate surface area is 158 Å². The van der Waals surface area contributed by atoms with Crippen LogP contribution in [0.5, 0.6) is 0 Å². The van der Waals surface area contributed by atoms with Gasteiger partial charge in [0.05, 0.1) is 12.1 Å². The number of aryl methyl sites for hydroxylation is 1. The number of aromatic nitrogens is 3. The van der Waals surface area contributed by atoms with Gasteiger partial charge in [0, 0.05) is 17.6 Å². The maximum atomic E-state index is 12.2. The summed E-state index contributed by atoms with van der Waals surface area (Å²) in [4.78, 5) is 42.8. The molecule has 0 atom stereocenters. The van der Waals surface area contributed by atoms with E-state index in [0.717, 1.165) is 5.56 Å². The largest absolute Gasteiger partial charge is 0.384 e. The molecule has 140 valence electrons. The van der Waals surface area contributed by atoms with E-state index in [-0.39, 0.29) is 23.7 Å². The number of hydrogen-bond acceptors (Lipinski definition) is 6. The highest BCUT2D eigenvalue weighted by atomic mass is 32.1. The Hall–Kier alpha value is -3.20. The fourth-order valence-corrected chi connectivity index (χ4v) is 3.51. The van der Waals surface area contributed by atoms with Gasteiger partial charge in [-0.25, -0.2) is 9.78 Å².